The third-order valence-electron chi connectivity index (χ3n) is 3.05. The minimum Gasteiger partial charge on any atom is -0.368 e. The standard InChI is InChI=1S/C14H16Br2ClNO2/c1-14(2)8-18(7-12(6-15)20-14)13(19)9-3-10(16)5-11(17)4-9/h3-5,12H,6-8H2,1-2H3. The first-order chi connectivity index (χ1) is 9.30. The number of hydrogen-bond acceptors (Lipinski definition) is 2. The number of carbonyl (C=O) groups is 1. The van der Waals surface area contributed by atoms with Crippen LogP contribution >= 0.6 is 43.5 Å². The molecule has 1 aromatic carbocycles. The number of ether oxygens (including phenoxy) is 1. The van der Waals surface area contributed by atoms with E-state index in [0.717, 1.165) is 4.47 Å². The highest BCUT2D eigenvalue weighted by molar-refractivity contribution is 9.10. The van der Waals surface area contributed by atoms with Gasteiger partial charge in [0.25, 0.3) is 5.91 Å². The number of morpholine rings is 1. The Kier molecular flexibility index (Phi) is 5.16. The molecule has 1 saturated heterocycles. The normalized spacial score (nSPS) is 21.9. The zero-order valence-corrected chi connectivity index (χ0v) is 15.3. The molecule has 0 spiro atoms. The van der Waals surface area contributed by atoms with Crippen molar-refractivity contribution in [3.63, 3.8) is 0 Å². The Bertz CT molecular complexity index is 502. The van der Waals surface area contributed by atoms with Gasteiger partial charge in [-0.2, -0.15) is 0 Å². The van der Waals surface area contributed by atoms with Crippen LogP contribution in [0.1, 0.15) is 24.2 Å². The van der Waals surface area contributed by atoms with Gasteiger partial charge in [0.05, 0.1) is 11.7 Å². The van der Waals surface area contributed by atoms with Gasteiger partial charge in [-0.25, -0.2) is 0 Å². The summed E-state index contributed by atoms with van der Waals surface area (Å²) < 4.78 is 6.71. The molecule has 6 heteroatoms. The zero-order chi connectivity index (χ0) is 14.9. The molecule has 3 nitrogen and oxygen atoms in total. The molecule has 0 aromatic heterocycles. The average Bonchev–Trinajstić information content (AvgIpc) is 2.34. The van der Waals surface area contributed by atoms with Crippen LogP contribution < -0.4 is 0 Å². The maximum absolute atomic E-state index is 12.6. The van der Waals surface area contributed by atoms with E-state index in [1.807, 2.05) is 18.7 Å². The summed E-state index contributed by atoms with van der Waals surface area (Å²) in [5, 5.41) is 1.26. The quantitative estimate of drug-likeness (QED) is 0.668. The van der Waals surface area contributed by atoms with Gasteiger partial charge in [0.1, 0.15) is 0 Å². The first-order valence-electron chi connectivity index (χ1n) is 6.30. The molecule has 0 radical (unpaired) electrons. The lowest BCUT2D eigenvalue weighted by atomic mass is 10.0. The fraction of sp³-hybridized carbons (Fsp3) is 0.500. The molecule has 2 rings (SSSR count). The molecule has 110 valence electrons. The minimum atomic E-state index is -0.345. The molecule has 1 aliphatic rings. The fourth-order valence-electron chi connectivity index (χ4n) is 2.39. The minimum absolute atomic E-state index is 0.00493. The van der Waals surface area contributed by atoms with E-state index in [1.165, 1.54) is 0 Å². The summed E-state index contributed by atoms with van der Waals surface area (Å²) in [4.78, 5) is 14.5. The monoisotopic (exact) mass is 423 g/mol. The Labute approximate surface area is 140 Å². The van der Waals surface area contributed by atoms with Crippen molar-refractivity contribution >= 4 is 49.4 Å². The van der Waals surface area contributed by atoms with Gasteiger partial charge in [0, 0.05) is 33.5 Å². The second-order valence-electron chi connectivity index (χ2n) is 5.50. The summed E-state index contributed by atoms with van der Waals surface area (Å²) in [5.74, 6) is -0.0180. The van der Waals surface area contributed by atoms with E-state index < -0.39 is 0 Å². The van der Waals surface area contributed by atoms with Gasteiger partial charge in [-0.1, -0.05) is 43.5 Å². The Balaban J connectivity index is 2.23. The number of halogens is 3. The SMILES string of the molecule is CC1(C)CN(C(=O)c2cc(Cl)cc(Br)c2)CC(CBr)O1. The number of amides is 1. The molecular weight excluding hydrogens is 409 g/mol. The average molecular weight is 426 g/mol. The number of nitrogens with zero attached hydrogens (tertiary/aromatic N) is 1. The van der Waals surface area contributed by atoms with Crippen LogP contribution in [0.2, 0.25) is 5.02 Å². The van der Waals surface area contributed by atoms with Crippen LogP contribution in [-0.2, 0) is 4.74 Å². The van der Waals surface area contributed by atoms with Crippen molar-refractivity contribution < 1.29 is 9.53 Å². The maximum Gasteiger partial charge on any atom is 0.254 e. The molecule has 20 heavy (non-hydrogen) atoms. The van der Waals surface area contributed by atoms with Gasteiger partial charge in [-0.3, -0.25) is 4.79 Å². The molecule has 0 saturated carbocycles. The van der Waals surface area contributed by atoms with Crippen LogP contribution in [0.4, 0.5) is 0 Å². The topological polar surface area (TPSA) is 29.5 Å². The molecule has 1 heterocycles. The third kappa shape index (κ3) is 3.97. The van der Waals surface area contributed by atoms with Crippen LogP contribution in [0.3, 0.4) is 0 Å². The molecule has 0 bridgehead atoms. The fourth-order valence-corrected chi connectivity index (χ4v) is 3.59. The highest BCUT2D eigenvalue weighted by Crippen LogP contribution is 2.25. The van der Waals surface area contributed by atoms with Crippen LogP contribution in [0.15, 0.2) is 22.7 Å². The Morgan fingerprint density at radius 3 is 2.80 bits per heavy atom. The van der Waals surface area contributed by atoms with Crippen molar-refractivity contribution in [2.75, 3.05) is 18.4 Å². The van der Waals surface area contributed by atoms with Crippen LogP contribution in [0.25, 0.3) is 0 Å². The summed E-state index contributed by atoms with van der Waals surface area (Å²) in [7, 11) is 0. The Morgan fingerprint density at radius 2 is 2.20 bits per heavy atom. The molecule has 0 aliphatic carbocycles. The first-order valence-corrected chi connectivity index (χ1v) is 8.59. The molecule has 1 amide bonds. The van der Waals surface area contributed by atoms with Crippen molar-refractivity contribution in [3.8, 4) is 0 Å². The van der Waals surface area contributed by atoms with E-state index in [4.69, 9.17) is 16.3 Å². The van der Waals surface area contributed by atoms with Gasteiger partial charge >= 0.3 is 0 Å². The molecule has 1 aliphatic heterocycles. The molecule has 0 N–H and O–H groups in total. The zero-order valence-electron chi connectivity index (χ0n) is 11.3. The first kappa shape index (κ1) is 16.3. The number of alkyl halides is 1. The second kappa shape index (κ2) is 6.34. The third-order valence-corrected chi connectivity index (χ3v) is 4.45. The van der Waals surface area contributed by atoms with Crippen LogP contribution in [-0.4, -0.2) is 40.9 Å². The summed E-state index contributed by atoms with van der Waals surface area (Å²) in [6.45, 7) is 5.14. The smallest absolute Gasteiger partial charge is 0.254 e. The van der Waals surface area contributed by atoms with Crippen molar-refractivity contribution in [1.82, 2.24) is 4.90 Å². The van der Waals surface area contributed by atoms with Crippen LogP contribution in [0.5, 0.6) is 0 Å². The van der Waals surface area contributed by atoms with Gasteiger partial charge < -0.3 is 9.64 Å². The molecule has 1 atom stereocenters. The summed E-state index contributed by atoms with van der Waals surface area (Å²) >= 11 is 12.8. The van der Waals surface area contributed by atoms with E-state index in [1.54, 1.807) is 18.2 Å². The van der Waals surface area contributed by atoms with Gasteiger partial charge in [-0.05, 0) is 32.0 Å². The molecular formula is C14H16Br2ClNO2. The van der Waals surface area contributed by atoms with Crippen molar-refractivity contribution in [1.29, 1.82) is 0 Å². The van der Waals surface area contributed by atoms with E-state index in [-0.39, 0.29) is 17.6 Å². The van der Waals surface area contributed by atoms with Gasteiger partial charge in [0.15, 0.2) is 0 Å². The van der Waals surface area contributed by atoms with Crippen LogP contribution in [0, 0.1) is 0 Å². The second-order valence-corrected chi connectivity index (χ2v) is 7.50. The summed E-state index contributed by atoms with van der Waals surface area (Å²) in [5.41, 5.74) is 0.248. The van der Waals surface area contributed by atoms with Crippen molar-refractivity contribution in [2.24, 2.45) is 0 Å². The highest BCUT2D eigenvalue weighted by atomic mass is 79.9. The van der Waals surface area contributed by atoms with E-state index >= 15 is 0 Å². The summed E-state index contributed by atoms with van der Waals surface area (Å²) in [6, 6.07) is 5.25. The largest absolute Gasteiger partial charge is 0.368 e. The Hall–Kier alpha value is -0.100. The van der Waals surface area contributed by atoms with Gasteiger partial charge in [0.2, 0.25) is 0 Å². The number of rotatable bonds is 2. The van der Waals surface area contributed by atoms with E-state index in [2.05, 4.69) is 31.9 Å². The highest BCUT2D eigenvalue weighted by Gasteiger charge is 2.35. The van der Waals surface area contributed by atoms with Gasteiger partial charge in [-0.15, -0.1) is 0 Å². The molecule has 1 unspecified atom stereocenters. The van der Waals surface area contributed by atoms with E-state index in [0.29, 0.717) is 29.0 Å². The lowest BCUT2D eigenvalue weighted by Crippen LogP contribution is -2.55. The number of carbonyl (C=O) groups excluding carboxylic acids is 1. The van der Waals surface area contributed by atoms with Crippen molar-refractivity contribution in [2.45, 2.75) is 25.6 Å². The predicted molar refractivity (Wildman–Crippen MR) is 87.8 cm³/mol. The van der Waals surface area contributed by atoms with Crippen molar-refractivity contribution in [3.05, 3.63) is 33.3 Å². The Morgan fingerprint density at radius 1 is 1.50 bits per heavy atom. The molecule has 1 aromatic rings. The predicted octanol–water partition coefficient (Wildman–Crippen LogP) is 4.12. The molecule has 1 fully saturated rings. The number of benzene rings is 1. The maximum atomic E-state index is 12.6. The lowest BCUT2D eigenvalue weighted by molar-refractivity contribution is -0.116. The number of hydrogen-bond donors (Lipinski definition) is 0. The van der Waals surface area contributed by atoms with E-state index in [9.17, 15) is 4.79 Å². The lowest BCUT2D eigenvalue weighted by Gasteiger charge is -2.42. The summed E-state index contributed by atoms with van der Waals surface area (Å²) in [6.07, 6.45) is 0.00493.